The van der Waals surface area contributed by atoms with Crippen molar-refractivity contribution in [3.8, 4) is 0 Å². The van der Waals surface area contributed by atoms with Crippen molar-refractivity contribution in [2.75, 3.05) is 5.32 Å². The first-order valence-electron chi connectivity index (χ1n) is 6.12. The van der Waals surface area contributed by atoms with Gasteiger partial charge in [0.15, 0.2) is 0 Å². The zero-order valence-corrected chi connectivity index (χ0v) is 11.1. The summed E-state index contributed by atoms with van der Waals surface area (Å²) >= 11 is 0. The molecule has 2 aromatic rings. The third kappa shape index (κ3) is 4.18. The SMILES string of the molecule is Cc1cc(F)cc(NCc2cc(F)cc(C(F)(F)F)c2)c1. The van der Waals surface area contributed by atoms with Crippen molar-refractivity contribution in [2.24, 2.45) is 0 Å². The van der Waals surface area contributed by atoms with Crippen LogP contribution >= 0.6 is 0 Å². The van der Waals surface area contributed by atoms with E-state index in [0.29, 0.717) is 17.3 Å². The van der Waals surface area contributed by atoms with E-state index in [2.05, 4.69) is 5.32 Å². The minimum absolute atomic E-state index is 0.0380. The van der Waals surface area contributed by atoms with Crippen molar-refractivity contribution in [3.63, 3.8) is 0 Å². The molecule has 0 aliphatic carbocycles. The summed E-state index contributed by atoms with van der Waals surface area (Å²) in [7, 11) is 0. The fourth-order valence-electron chi connectivity index (χ4n) is 1.96. The molecule has 1 nitrogen and oxygen atoms in total. The third-order valence-corrected chi connectivity index (χ3v) is 2.82. The van der Waals surface area contributed by atoms with Crippen molar-refractivity contribution in [3.05, 3.63) is 64.7 Å². The summed E-state index contributed by atoms with van der Waals surface area (Å²) < 4.78 is 64.2. The maximum absolute atomic E-state index is 13.2. The van der Waals surface area contributed by atoms with Gasteiger partial charge in [-0.05, 0) is 54.4 Å². The Labute approximate surface area is 118 Å². The fraction of sp³-hybridized carbons (Fsp3) is 0.200. The van der Waals surface area contributed by atoms with E-state index < -0.39 is 23.4 Å². The van der Waals surface area contributed by atoms with Crippen LogP contribution < -0.4 is 5.32 Å². The lowest BCUT2D eigenvalue weighted by atomic mass is 10.1. The molecule has 0 radical (unpaired) electrons. The molecule has 1 N–H and O–H groups in total. The van der Waals surface area contributed by atoms with Crippen molar-refractivity contribution in [2.45, 2.75) is 19.6 Å². The van der Waals surface area contributed by atoms with Gasteiger partial charge in [0, 0.05) is 12.2 Å². The highest BCUT2D eigenvalue weighted by Crippen LogP contribution is 2.30. The summed E-state index contributed by atoms with van der Waals surface area (Å²) in [6.45, 7) is 1.65. The van der Waals surface area contributed by atoms with Gasteiger partial charge >= 0.3 is 6.18 Å². The van der Waals surface area contributed by atoms with Crippen LogP contribution in [0.2, 0.25) is 0 Å². The number of hydrogen-bond donors (Lipinski definition) is 1. The molecule has 0 fully saturated rings. The number of anilines is 1. The molecular formula is C15H12F5N. The Morgan fingerprint density at radius 1 is 0.905 bits per heavy atom. The van der Waals surface area contributed by atoms with Crippen molar-refractivity contribution in [1.29, 1.82) is 0 Å². The van der Waals surface area contributed by atoms with E-state index in [1.54, 1.807) is 13.0 Å². The lowest BCUT2D eigenvalue weighted by Crippen LogP contribution is -2.08. The van der Waals surface area contributed by atoms with Crippen LogP contribution in [0.25, 0.3) is 0 Å². The molecule has 0 unspecified atom stereocenters. The predicted molar refractivity (Wildman–Crippen MR) is 69.9 cm³/mol. The van der Waals surface area contributed by atoms with Gasteiger partial charge < -0.3 is 5.32 Å². The molecule has 0 aliphatic heterocycles. The first-order valence-corrected chi connectivity index (χ1v) is 6.12. The Morgan fingerprint density at radius 3 is 2.19 bits per heavy atom. The van der Waals surface area contributed by atoms with Crippen LogP contribution in [0.3, 0.4) is 0 Å². The zero-order valence-electron chi connectivity index (χ0n) is 11.1. The van der Waals surface area contributed by atoms with Crippen molar-refractivity contribution in [1.82, 2.24) is 0 Å². The fourth-order valence-corrected chi connectivity index (χ4v) is 1.96. The Hall–Kier alpha value is -2.11. The smallest absolute Gasteiger partial charge is 0.381 e. The minimum Gasteiger partial charge on any atom is -0.381 e. The molecular weight excluding hydrogens is 289 g/mol. The largest absolute Gasteiger partial charge is 0.416 e. The van der Waals surface area contributed by atoms with Gasteiger partial charge in [-0.3, -0.25) is 0 Å². The van der Waals surface area contributed by atoms with Gasteiger partial charge in [-0.25, -0.2) is 8.78 Å². The molecule has 112 valence electrons. The lowest BCUT2D eigenvalue weighted by molar-refractivity contribution is -0.137. The van der Waals surface area contributed by atoms with Gasteiger partial charge in [-0.1, -0.05) is 0 Å². The van der Waals surface area contributed by atoms with Gasteiger partial charge in [0.1, 0.15) is 11.6 Å². The Balaban J connectivity index is 2.18. The van der Waals surface area contributed by atoms with Crippen LogP contribution in [0.15, 0.2) is 36.4 Å². The lowest BCUT2D eigenvalue weighted by Gasteiger charge is -2.11. The summed E-state index contributed by atoms with van der Waals surface area (Å²) in [6.07, 6.45) is -4.60. The summed E-state index contributed by atoms with van der Waals surface area (Å²) in [5, 5.41) is 2.77. The highest BCUT2D eigenvalue weighted by Gasteiger charge is 2.31. The zero-order chi connectivity index (χ0) is 15.6. The summed E-state index contributed by atoms with van der Waals surface area (Å²) in [4.78, 5) is 0. The Bertz CT molecular complexity index is 629. The molecule has 6 heteroatoms. The third-order valence-electron chi connectivity index (χ3n) is 2.82. The number of hydrogen-bond acceptors (Lipinski definition) is 1. The normalized spacial score (nSPS) is 11.5. The highest BCUT2D eigenvalue weighted by atomic mass is 19.4. The van der Waals surface area contributed by atoms with Gasteiger partial charge in [-0.15, -0.1) is 0 Å². The number of rotatable bonds is 3. The second-order valence-electron chi connectivity index (χ2n) is 4.72. The maximum atomic E-state index is 13.2. The first kappa shape index (κ1) is 15.3. The van der Waals surface area contributed by atoms with Crippen molar-refractivity contribution >= 4 is 5.69 Å². The summed E-state index contributed by atoms with van der Waals surface area (Å²) in [5.74, 6) is -1.41. The number of aryl methyl sites for hydroxylation is 1. The maximum Gasteiger partial charge on any atom is 0.416 e. The van der Waals surface area contributed by atoms with Crippen LogP contribution in [0, 0.1) is 18.6 Å². The van der Waals surface area contributed by atoms with Gasteiger partial charge in [0.25, 0.3) is 0 Å². The molecule has 0 saturated heterocycles. The van der Waals surface area contributed by atoms with Crippen molar-refractivity contribution < 1.29 is 22.0 Å². The topological polar surface area (TPSA) is 12.0 Å². The van der Waals surface area contributed by atoms with Gasteiger partial charge in [0.05, 0.1) is 5.56 Å². The van der Waals surface area contributed by atoms with E-state index in [0.717, 1.165) is 12.1 Å². The predicted octanol–water partition coefficient (Wildman–Crippen LogP) is 4.90. The quantitative estimate of drug-likeness (QED) is 0.795. The molecule has 0 bridgehead atoms. The van der Waals surface area contributed by atoms with Crippen LogP contribution in [0.4, 0.5) is 27.6 Å². The molecule has 0 spiro atoms. The molecule has 2 rings (SSSR count). The average Bonchev–Trinajstić information content (AvgIpc) is 2.33. The van der Waals surface area contributed by atoms with Crippen LogP contribution in [0.1, 0.15) is 16.7 Å². The summed E-state index contributed by atoms with van der Waals surface area (Å²) in [6, 6.07) is 6.51. The van der Waals surface area contributed by atoms with Gasteiger partial charge in [-0.2, -0.15) is 13.2 Å². The molecule has 0 saturated carbocycles. The van der Waals surface area contributed by atoms with E-state index in [1.807, 2.05) is 0 Å². The minimum atomic E-state index is -4.60. The molecule has 0 atom stereocenters. The number of halogens is 5. The average molecular weight is 301 g/mol. The summed E-state index contributed by atoms with van der Waals surface area (Å²) in [5.41, 5.74) is 0.178. The molecule has 21 heavy (non-hydrogen) atoms. The van der Waals surface area contributed by atoms with E-state index in [9.17, 15) is 22.0 Å². The van der Waals surface area contributed by atoms with E-state index in [-0.39, 0.29) is 12.1 Å². The number of benzene rings is 2. The van der Waals surface area contributed by atoms with E-state index >= 15 is 0 Å². The highest BCUT2D eigenvalue weighted by molar-refractivity contribution is 5.46. The molecule has 0 amide bonds. The second kappa shape index (κ2) is 5.71. The molecule has 0 aromatic heterocycles. The number of nitrogens with one attached hydrogen (secondary N) is 1. The molecule has 2 aromatic carbocycles. The van der Waals surface area contributed by atoms with Crippen LogP contribution in [0.5, 0.6) is 0 Å². The standard InChI is InChI=1S/C15H12F5N/c1-9-2-12(16)7-14(3-9)21-8-10-4-11(15(18,19)20)6-13(17)5-10/h2-7,21H,8H2,1H3. The Kier molecular flexibility index (Phi) is 4.16. The van der Waals surface area contributed by atoms with E-state index in [4.69, 9.17) is 0 Å². The van der Waals surface area contributed by atoms with Gasteiger partial charge in [0.2, 0.25) is 0 Å². The monoisotopic (exact) mass is 301 g/mol. The first-order chi connectivity index (χ1) is 9.74. The van der Waals surface area contributed by atoms with Crippen LogP contribution in [-0.4, -0.2) is 0 Å². The van der Waals surface area contributed by atoms with Crippen LogP contribution in [-0.2, 0) is 12.7 Å². The molecule has 0 aliphatic rings. The molecule has 0 heterocycles. The number of alkyl halides is 3. The van der Waals surface area contributed by atoms with E-state index in [1.165, 1.54) is 12.1 Å². The second-order valence-corrected chi connectivity index (χ2v) is 4.72. The Morgan fingerprint density at radius 2 is 1.57 bits per heavy atom.